The Balaban J connectivity index is 0.00000240. The van der Waals surface area contributed by atoms with E-state index in [9.17, 15) is 14.4 Å². The van der Waals surface area contributed by atoms with Crippen LogP contribution >= 0.6 is 24.8 Å². The standard InChI is InChI=1S/C20H28N4O3S.H2S/c1-2-14(12-15-6-5-11-28-15)21-19(26)23-10-7-16-18(23)17(25)13-24(16)20(27)22-8-3-4-9-22;/h5-6,11,14,16,18H,2-4,7-10,12-13H2,1H3,(H,21,26);1H2/t14?,16-,18+;/m1./s1. The zero-order valence-electron chi connectivity index (χ0n) is 16.8. The van der Waals surface area contributed by atoms with Gasteiger partial charge in [-0.25, -0.2) is 9.59 Å². The summed E-state index contributed by atoms with van der Waals surface area (Å²) in [4.78, 5) is 44.8. The van der Waals surface area contributed by atoms with Crippen LogP contribution in [0, 0.1) is 0 Å². The molecule has 3 aliphatic rings. The van der Waals surface area contributed by atoms with Gasteiger partial charge >= 0.3 is 12.1 Å². The second kappa shape index (κ2) is 9.38. The average Bonchev–Trinajstić information content (AvgIpc) is 3.46. The van der Waals surface area contributed by atoms with Crippen LogP contribution in [0.15, 0.2) is 17.5 Å². The lowest BCUT2D eigenvalue weighted by atomic mass is 10.1. The van der Waals surface area contributed by atoms with Gasteiger partial charge in [-0.1, -0.05) is 13.0 Å². The molecule has 7 nitrogen and oxygen atoms in total. The molecule has 1 unspecified atom stereocenters. The van der Waals surface area contributed by atoms with Gasteiger partial charge in [0.05, 0.1) is 12.6 Å². The van der Waals surface area contributed by atoms with Crippen molar-refractivity contribution in [1.82, 2.24) is 20.0 Å². The highest BCUT2D eigenvalue weighted by Crippen LogP contribution is 2.31. The molecule has 0 bridgehead atoms. The Labute approximate surface area is 182 Å². The molecule has 0 spiro atoms. The van der Waals surface area contributed by atoms with E-state index in [1.807, 2.05) is 16.3 Å². The van der Waals surface area contributed by atoms with Gasteiger partial charge in [0, 0.05) is 37.0 Å². The molecule has 4 amide bonds. The van der Waals surface area contributed by atoms with Crippen molar-refractivity contribution < 1.29 is 14.4 Å². The van der Waals surface area contributed by atoms with Crippen molar-refractivity contribution in [1.29, 1.82) is 0 Å². The van der Waals surface area contributed by atoms with E-state index in [2.05, 4.69) is 18.3 Å². The monoisotopic (exact) mass is 438 g/mol. The minimum absolute atomic E-state index is 0. The van der Waals surface area contributed by atoms with Crippen molar-refractivity contribution in [3.8, 4) is 0 Å². The first kappa shape index (κ1) is 22.0. The third-order valence-corrected chi connectivity index (χ3v) is 7.05. The third kappa shape index (κ3) is 4.40. The SMILES string of the molecule is CCC(Cc1cccs1)NC(=O)N1CC[C@@H]2[C@H]1C(=O)CN2C(=O)N1CCCC1.S. The zero-order valence-corrected chi connectivity index (χ0v) is 18.6. The number of Topliss-reactive ketones (excluding diaryl/α,β-unsaturated/α-hetero) is 1. The molecule has 1 aromatic rings. The van der Waals surface area contributed by atoms with Crippen molar-refractivity contribution in [3.05, 3.63) is 22.4 Å². The number of ketones is 1. The van der Waals surface area contributed by atoms with Gasteiger partial charge in [0.25, 0.3) is 0 Å². The maximum absolute atomic E-state index is 12.9. The van der Waals surface area contributed by atoms with Crippen LogP contribution in [0.5, 0.6) is 0 Å². The number of likely N-dealkylation sites (tertiary alicyclic amines) is 3. The van der Waals surface area contributed by atoms with Crippen molar-refractivity contribution in [3.63, 3.8) is 0 Å². The Morgan fingerprint density at radius 1 is 1.24 bits per heavy atom. The number of urea groups is 2. The molecule has 3 aliphatic heterocycles. The molecule has 0 aromatic carbocycles. The van der Waals surface area contributed by atoms with Crippen molar-refractivity contribution >= 4 is 42.7 Å². The Kier molecular flexibility index (Phi) is 7.10. The van der Waals surface area contributed by atoms with Gasteiger partial charge in [0.15, 0.2) is 5.78 Å². The Hall–Kier alpha value is -1.74. The van der Waals surface area contributed by atoms with E-state index in [-0.39, 0.29) is 50.0 Å². The summed E-state index contributed by atoms with van der Waals surface area (Å²) < 4.78 is 0. The molecule has 4 rings (SSSR count). The fraction of sp³-hybridized carbons (Fsp3) is 0.650. The van der Waals surface area contributed by atoms with Crippen LogP contribution in [0.1, 0.15) is 37.5 Å². The molecule has 3 atom stereocenters. The second-order valence-electron chi connectivity index (χ2n) is 7.90. The molecule has 9 heteroatoms. The van der Waals surface area contributed by atoms with Gasteiger partial charge in [-0.05, 0) is 37.1 Å². The van der Waals surface area contributed by atoms with Gasteiger partial charge in [-0.15, -0.1) is 11.3 Å². The summed E-state index contributed by atoms with van der Waals surface area (Å²) >= 11 is 1.69. The Bertz CT molecular complexity index is 736. The van der Waals surface area contributed by atoms with Gasteiger partial charge < -0.3 is 20.0 Å². The number of rotatable bonds is 4. The Morgan fingerprint density at radius 2 is 2.00 bits per heavy atom. The summed E-state index contributed by atoms with van der Waals surface area (Å²) in [6, 6.07) is 3.25. The van der Waals surface area contributed by atoms with Crippen LogP contribution in [0.3, 0.4) is 0 Å². The van der Waals surface area contributed by atoms with Crippen molar-refractivity contribution in [2.75, 3.05) is 26.2 Å². The normalized spacial score (nSPS) is 24.4. The molecule has 4 heterocycles. The molecule has 0 aliphatic carbocycles. The fourth-order valence-corrected chi connectivity index (χ4v) is 5.41. The van der Waals surface area contributed by atoms with Crippen LogP contribution in [0.4, 0.5) is 9.59 Å². The highest BCUT2D eigenvalue weighted by atomic mass is 32.1. The molecular weight excluding hydrogens is 408 g/mol. The minimum Gasteiger partial charge on any atom is -0.335 e. The van der Waals surface area contributed by atoms with Gasteiger partial charge in [-0.3, -0.25) is 4.79 Å². The van der Waals surface area contributed by atoms with Crippen LogP contribution < -0.4 is 5.32 Å². The summed E-state index contributed by atoms with van der Waals surface area (Å²) in [5.41, 5.74) is 0. The van der Waals surface area contributed by atoms with Crippen molar-refractivity contribution in [2.45, 2.75) is 57.2 Å². The lowest BCUT2D eigenvalue weighted by molar-refractivity contribution is -0.119. The van der Waals surface area contributed by atoms with Gasteiger partial charge in [0.1, 0.15) is 6.04 Å². The lowest BCUT2D eigenvalue weighted by Gasteiger charge is -2.28. The number of thiophene rings is 1. The number of hydrogen-bond donors (Lipinski definition) is 1. The number of amides is 4. The summed E-state index contributed by atoms with van der Waals surface area (Å²) in [6.45, 7) is 4.24. The predicted molar refractivity (Wildman–Crippen MR) is 118 cm³/mol. The number of nitrogens with zero attached hydrogens (tertiary/aromatic N) is 3. The van der Waals surface area contributed by atoms with E-state index >= 15 is 0 Å². The van der Waals surface area contributed by atoms with E-state index in [0.29, 0.717) is 13.0 Å². The topological polar surface area (TPSA) is 73.0 Å². The number of nitrogens with one attached hydrogen (secondary N) is 1. The largest absolute Gasteiger partial charge is 0.335 e. The molecule has 3 fully saturated rings. The van der Waals surface area contributed by atoms with E-state index in [4.69, 9.17) is 0 Å². The van der Waals surface area contributed by atoms with E-state index in [0.717, 1.165) is 38.8 Å². The fourth-order valence-electron chi connectivity index (χ4n) is 4.62. The smallest absolute Gasteiger partial charge is 0.320 e. The van der Waals surface area contributed by atoms with Crippen LogP contribution in [-0.4, -0.2) is 76.8 Å². The lowest BCUT2D eigenvalue weighted by Crippen LogP contribution is -2.51. The highest BCUT2D eigenvalue weighted by Gasteiger charge is 2.52. The molecule has 0 saturated carbocycles. The number of fused-ring (bicyclic) bond motifs is 1. The Morgan fingerprint density at radius 3 is 2.66 bits per heavy atom. The first-order valence-electron chi connectivity index (χ1n) is 10.3. The molecule has 1 aromatic heterocycles. The molecule has 0 radical (unpaired) electrons. The quantitative estimate of drug-likeness (QED) is 0.785. The highest BCUT2D eigenvalue weighted by molar-refractivity contribution is 7.59. The number of hydrogen-bond acceptors (Lipinski definition) is 4. The van der Waals surface area contributed by atoms with Gasteiger partial charge in [0.2, 0.25) is 0 Å². The molecule has 3 saturated heterocycles. The summed E-state index contributed by atoms with van der Waals surface area (Å²) in [6.07, 6.45) is 4.36. The zero-order chi connectivity index (χ0) is 19.7. The van der Waals surface area contributed by atoms with Crippen molar-refractivity contribution in [2.24, 2.45) is 0 Å². The summed E-state index contributed by atoms with van der Waals surface area (Å²) in [7, 11) is 0. The van der Waals surface area contributed by atoms with E-state index in [1.165, 1.54) is 4.88 Å². The molecular formula is C20H30N4O3S2. The van der Waals surface area contributed by atoms with Crippen LogP contribution in [-0.2, 0) is 11.2 Å². The van der Waals surface area contributed by atoms with Crippen LogP contribution in [0.25, 0.3) is 0 Å². The average molecular weight is 439 g/mol. The van der Waals surface area contributed by atoms with Crippen LogP contribution in [0.2, 0.25) is 0 Å². The maximum atomic E-state index is 12.9. The first-order chi connectivity index (χ1) is 13.6. The molecule has 29 heavy (non-hydrogen) atoms. The summed E-state index contributed by atoms with van der Waals surface area (Å²) in [5, 5.41) is 5.15. The molecule has 1 N–H and O–H groups in total. The van der Waals surface area contributed by atoms with E-state index in [1.54, 1.807) is 21.1 Å². The number of carbonyl (C=O) groups excluding carboxylic acids is 3. The van der Waals surface area contributed by atoms with E-state index < -0.39 is 6.04 Å². The first-order valence-corrected chi connectivity index (χ1v) is 11.1. The van der Waals surface area contributed by atoms with Gasteiger partial charge in [-0.2, -0.15) is 13.5 Å². The molecule has 160 valence electrons. The number of carbonyl (C=O) groups is 3. The third-order valence-electron chi connectivity index (χ3n) is 6.15. The predicted octanol–water partition coefficient (Wildman–Crippen LogP) is 2.44. The second-order valence-corrected chi connectivity index (χ2v) is 8.94. The maximum Gasteiger partial charge on any atom is 0.320 e. The minimum atomic E-state index is -0.495. The summed E-state index contributed by atoms with van der Waals surface area (Å²) in [5.74, 6) is -0.0171.